The predicted molar refractivity (Wildman–Crippen MR) is 80.0 cm³/mol. The molecule has 2 N–H and O–H groups in total. The van der Waals surface area contributed by atoms with E-state index < -0.39 is 0 Å². The van der Waals surface area contributed by atoms with Gasteiger partial charge < -0.3 is 10.4 Å². The zero-order chi connectivity index (χ0) is 14.5. The van der Waals surface area contributed by atoms with E-state index in [2.05, 4.69) is 26.3 Å². The minimum Gasteiger partial charge on any atom is -0.396 e. The lowest BCUT2D eigenvalue weighted by atomic mass is 10.2. The summed E-state index contributed by atoms with van der Waals surface area (Å²) in [5.74, 6) is -0.169. The zero-order valence-electron chi connectivity index (χ0n) is 11.1. The van der Waals surface area contributed by atoms with Crippen LogP contribution in [-0.2, 0) is 0 Å². The molecule has 0 radical (unpaired) electrons. The van der Waals surface area contributed by atoms with E-state index in [1.165, 1.54) is 0 Å². The van der Waals surface area contributed by atoms with Crippen molar-refractivity contribution in [3.63, 3.8) is 0 Å². The number of hydrogen-bond acceptors (Lipinski definition) is 3. The van der Waals surface area contributed by atoms with Gasteiger partial charge in [-0.3, -0.25) is 4.79 Å². The highest BCUT2D eigenvalue weighted by atomic mass is 79.9. The van der Waals surface area contributed by atoms with Gasteiger partial charge in [-0.15, -0.1) is 0 Å². The second kappa shape index (κ2) is 6.67. The van der Waals surface area contributed by atoms with E-state index >= 15 is 0 Å². The molecule has 0 aliphatic heterocycles. The fourth-order valence-electron chi connectivity index (χ4n) is 1.88. The van der Waals surface area contributed by atoms with Crippen molar-refractivity contribution in [3.8, 4) is 5.69 Å². The van der Waals surface area contributed by atoms with Gasteiger partial charge >= 0.3 is 0 Å². The highest BCUT2D eigenvalue weighted by Gasteiger charge is 2.14. The summed E-state index contributed by atoms with van der Waals surface area (Å²) in [5, 5.41) is 15.7. The summed E-state index contributed by atoms with van der Waals surface area (Å²) in [6.45, 7) is 2.38. The third-order valence-corrected chi connectivity index (χ3v) is 3.42. The number of halogens is 1. The van der Waals surface area contributed by atoms with Gasteiger partial charge in [0.25, 0.3) is 5.91 Å². The summed E-state index contributed by atoms with van der Waals surface area (Å²) in [4.78, 5) is 12.0. The Morgan fingerprint density at radius 3 is 3.00 bits per heavy atom. The number of aromatic nitrogens is 2. The second-order valence-corrected chi connectivity index (χ2v) is 5.28. The van der Waals surface area contributed by atoms with Crippen molar-refractivity contribution >= 4 is 21.8 Å². The molecule has 0 saturated carbocycles. The van der Waals surface area contributed by atoms with Gasteiger partial charge in [0.1, 0.15) is 0 Å². The van der Waals surface area contributed by atoms with Crippen LogP contribution in [0.2, 0.25) is 0 Å². The lowest BCUT2D eigenvalue weighted by molar-refractivity contribution is 0.0950. The van der Waals surface area contributed by atoms with Crippen molar-refractivity contribution < 1.29 is 9.90 Å². The minimum absolute atomic E-state index is 0.0660. The van der Waals surface area contributed by atoms with Crippen LogP contribution in [-0.4, -0.2) is 33.9 Å². The largest absolute Gasteiger partial charge is 0.396 e. The van der Waals surface area contributed by atoms with Crippen LogP contribution in [0.25, 0.3) is 5.69 Å². The fraction of sp³-hybridized carbons (Fsp3) is 0.286. The highest BCUT2D eigenvalue weighted by Crippen LogP contribution is 2.18. The number of nitrogens with one attached hydrogen (secondary N) is 1. The van der Waals surface area contributed by atoms with Gasteiger partial charge in [0.05, 0.1) is 23.1 Å². The zero-order valence-corrected chi connectivity index (χ0v) is 12.7. The Hall–Kier alpha value is -1.66. The van der Waals surface area contributed by atoms with E-state index in [1.807, 2.05) is 31.2 Å². The van der Waals surface area contributed by atoms with Crippen LogP contribution in [0.1, 0.15) is 22.5 Å². The quantitative estimate of drug-likeness (QED) is 0.820. The lowest BCUT2D eigenvalue weighted by Gasteiger charge is -2.06. The number of rotatable bonds is 5. The van der Waals surface area contributed by atoms with Gasteiger partial charge in [0, 0.05) is 17.6 Å². The number of carbonyl (C=O) groups is 1. The summed E-state index contributed by atoms with van der Waals surface area (Å²) in [5.41, 5.74) is 2.22. The summed E-state index contributed by atoms with van der Waals surface area (Å²) < 4.78 is 2.69. The monoisotopic (exact) mass is 337 g/mol. The Kier molecular flexibility index (Phi) is 4.92. The fourth-order valence-corrected chi connectivity index (χ4v) is 2.26. The van der Waals surface area contributed by atoms with Gasteiger partial charge in [-0.1, -0.05) is 22.0 Å². The van der Waals surface area contributed by atoms with Crippen LogP contribution in [0.5, 0.6) is 0 Å². The van der Waals surface area contributed by atoms with E-state index in [1.54, 1.807) is 10.9 Å². The molecule has 1 aromatic heterocycles. The first-order chi connectivity index (χ1) is 9.63. The van der Waals surface area contributed by atoms with Crippen molar-refractivity contribution in [2.24, 2.45) is 0 Å². The second-order valence-electron chi connectivity index (χ2n) is 4.37. The number of amides is 1. The Morgan fingerprint density at radius 2 is 2.30 bits per heavy atom. The van der Waals surface area contributed by atoms with Crippen LogP contribution in [0.15, 0.2) is 34.9 Å². The number of nitrogens with zero attached hydrogens (tertiary/aromatic N) is 2. The van der Waals surface area contributed by atoms with Gasteiger partial charge in [0.15, 0.2) is 0 Å². The molecule has 0 spiro atoms. The number of aliphatic hydroxyl groups is 1. The third kappa shape index (κ3) is 3.26. The third-order valence-electron chi connectivity index (χ3n) is 2.93. The van der Waals surface area contributed by atoms with E-state index in [0.29, 0.717) is 18.5 Å². The first kappa shape index (κ1) is 14.7. The summed E-state index contributed by atoms with van der Waals surface area (Å²) in [6, 6.07) is 7.72. The molecule has 0 bridgehead atoms. The molecule has 20 heavy (non-hydrogen) atoms. The van der Waals surface area contributed by atoms with Gasteiger partial charge in [-0.05, 0) is 31.5 Å². The normalized spacial score (nSPS) is 10.6. The number of benzene rings is 1. The molecule has 106 valence electrons. The molecular weight excluding hydrogens is 322 g/mol. The topological polar surface area (TPSA) is 67.2 Å². The first-order valence-electron chi connectivity index (χ1n) is 6.33. The van der Waals surface area contributed by atoms with Crippen LogP contribution < -0.4 is 5.32 Å². The molecule has 0 atom stereocenters. The average Bonchev–Trinajstić information content (AvgIpc) is 2.81. The number of carbonyl (C=O) groups excluding carboxylic acids is 1. The summed E-state index contributed by atoms with van der Waals surface area (Å²) >= 11 is 3.42. The number of aliphatic hydroxyl groups excluding tert-OH is 1. The first-order valence-corrected chi connectivity index (χ1v) is 7.12. The van der Waals surface area contributed by atoms with E-state index in [4.69, 9.17) is 5.11 Å². The molecule has 0 fully saturated rings. The van der Waals surface area contributed by atoms with Gasteiger partial charge in [-0.2, -0.15) is 5.10 Å². The Balaban J connectivity index is 2.21. The molecule has 1 aromatic carbocycles. The number of hydrogen-bond donors (Lipinski definition) is 2. The summed E-state index contributed by atoms with van der Waals surface area (Å²) in [6.07, 6.45) is 2.11. The van der Waals surface area contributed by atoms with Crippen LogP contribution >= 0.6 is 15.9 Å². The smallest absolute Gasteiger partial charge is 0.254 e. The maximum Gasteiger partial charge on any atom is 0.254 e. The molecule has 0 unspecified atom stereocenters. The maximum absolute atomic E-state index is 12.0. The van der Waals surface area contributed by atoms with Gasteiger partial charge in [-0.25, -0.2) is 4.68 Å². The molecule has 1 heterocycles. The molecule has 2 rings (SSSR count). The van der Waals surface area contributed by atoms with E-state index in [-0.39, 0.29) is 12.5 Å². The van der Waals surface area contributed by atoms with Crippen molar-refractivity contribution in [1.29, 1.82) is 0 Å². The molecular formula is C14H16BrN3O2. The Morgan fingerprint density at radius 1 is 1.50 bits per heavy atom. The minimum atomic E-state index is -0.169. The Labute approximate surface area is 125 Å². The SMILES string of the molecule is Cc1c(C(=O)NCCCO)cnn1-c1cccc(Br)c1. The van der Waals surface area contributed by atoms with Crippen LogP contribution in [0, 0.1) is 6.92 Å². The predicted octanol–water partition coefficient (Wildman–Crippen LogP) is 2.06. The molecule has 0 aliphatic carbocycles. The van der Waals surface area contributed by atoms with E-state index in [0.717, 1.165) is 15.9 Å². The van der Waals surface area contributed by atoms with Gasteiger partial charge in [0.2, 0.25) is 0 Å². The Bertz CT molecular complexity index is 610. The van der Waals surface area contributed by atoms with Crippen molar-refractivity contribution in [2.75, 3.05) is 13.2 Å². The average molecular weight is 338 g/mol. The highest BCUT2D eigenvalue weighted by molar-refractivity contribution is 9.10. The van der Waals surface area contributed by atoms with Crippen LogP contribution in [0.3, 0.4) is 0 Å². The summed E-state index contributed by atoms with van der Waals surface area (Å²) in [7, 11) is 0. The lowest BCUT2D eigenvalue weighted by Crippen LogP contribution is -2.25. The molecule has 6 heteroatoms. The van der Waals surface area contributed by atoms with Crippen LogP contribution in [0.4, 0.5) is 0 Å². The maximum atomic E-state index is 12.0. The van der Waals surface area contributed by atoms with Crippen molar-refractivity contribution in [2.45, 2.75) is 13.3 Å². The van der Waals surface area contributed by atoms with Crippen molar-refractivity contribution in [1.82, 2.24) is 15.1 Å². The molecule has 0 aliphatic rings. The van der Waals surface area contributed by atoms with Crippen molar-refractivity contribution in [3.05, 3.63) is 46.2 Å². The molecule has 5 nitrogen and oxygen atoms in total. The molecule has 1 amide bonds. The van der Waals surface area contributed by atoms with E-state index in [9.17, 15) is 4.79 Å². The molecule has 0 saturated heterocycles. The standard InChI is InChI=1S/C14H16BrN3O2/c1-10-13(14(20)16-6-3-7-19)9-17-18(10)12-5-2-4-11(15)8-12/h2,4-5,8-9,19H,3,6-7H2,1H3,(H,16,20). The molecule has 2 aromatic rings.